The zero-order valence-corrected chi connectivity index (χ0v) is 8.36. The lowest BCUT2D eigenvalue weighted by atomic mass is 10.1. The molecular weight excluding hydrogens is 174 g/mol. The Bertz CT molecular complexity index is 457. The molecule has 0 saturated heterocycles. The van der Waals surface area contributed by atoms with E-state index in [1.54, 1.807) is 6.20 Å². The van der Waals surface area contributed by atoms with Crippen LogP contribution in [0.2, 0.25) is 0 Å². The molecule has 1 heterocycles. The van der Waals surface area contributed by atoms with Crippen LogP contribution in [0.1, 0.15) is 5.56 Å². The van der Waals surface area contributed by atoms with Gasteiger partial charge in [-0.25, -0.2) is 4.98 Å². The minimum atomic E-state index is 0.811. The first-order chi connectivity index (χ1) is 6.70. The molecule has 0 spiro atoms. The number of nitrogens with zero attached hydrogens (tertiary/aromatic N) is 2. The molecule has 2 rings (SSSR count). The summed E-state index contributed by atoms with van der Waals surface area (Å²) in [7, 11) is 1.98. The van der Waals surface area contributed by atoms with E-state index in [0.29, 0.717) is 0 Å². The second-order valence-corrected chi connectivity index (χ2v) is 3.38. The first kappa shape index (κ1) is 8.81. The summed E-state index contributed by atoms with van der Waals surface area (Å²) in [6, 6.07) is 5.89. The maximum atomic E-state index is 5.84. The number of rotatable bonds is 1. The number of aromatic nitrogens is 2. The Morgan fingerprint density at radius 1 is 1.36 bits per heavy atom. The predicted octanol–water partition coefficient (Wildman–Crippen LogP) is 1.98. The van der Waals surface area contributed by atoms with Crippen LogP contribution in [0.4, 0.5) is 5.69 Å². The van der Waals surface area contributed by atoms with E-state index in [0.717, 1.165) is 22.6 Å². The molecule has 0 unspecified atom stereocenters. The number of imidazole rings is 1. The highest BCUT2D eigenvalue weighted by Gasteiger charge is 2.07. The average molecular weight is 187 g/mol. The van der Waals surface area contributed by atoms with Gasteiger partial charge in [-0.2, -0.15) is 0 Å². The Morgan fingerprint density at radius 2 is 2.14 bits per heavy atom. The molecule has 0 radical (unpaired) electrons. The van der Waals surface area contributed by atoms with Crippen molar-refractivity contribution in [2.24, 2.45) is 7.05 Å². The van der Waals surface area contributed by atoms with Crippen LogP contribution in [-0.4, -0.2) is 9.55 Å². The molecule has 2 aromatic rings. The molecule has 3 nitrogen and oxygen atoms in total. The van der Waals surface area contributed by atoms with Gasteiger partial charge in [0.2, 0.25) is 0 Å². The van der Waals surface area contributed by atoms with Gasteiger partial charge in [-0.3, -0.25) is 0 Å². The Kier molecular flexibility index (Phi) is 2.00. The SMILES string of the molecule is Cc1c(N)cccc1-c1nccn1C. The van der Waals surface area contributed by atoms with E-state index in [4.69, 9.17) is 5.73 Å². The fraction of sp³-hybridized carbons (Fsp3) is 0.182. The highest BCUT2D eigenvalue weighted by atomic mass is 15.0. The van der Waals surface area contributed by atoms with E-state index in [9.17, 15) is 0 Å². The van der Waals surface area contributed by atoms with E-state index >= 15 is 0 Å². The first-order valence-electron chi connectivity index (χ1n) is 4.53. The lowest BCUT2D eigenvalue weighted by Crippen LogP contribution is -1.96. The van der Waals surface area contributed by atoms with Crippen LogP contribution in [0.5, 0.6) is 0 Å². The largest absolute Gasteiger partial charge is 0.398 e. The summed E-state index contributed by atoms with van der Waals surface area (Å²) < 4.78 is 1.99. The molecule has 0 bridgehead atoms. The van der Waals surface area contributed by atoms with Crippen LogP contribution in [0.3, 0.4) is 0 Å². The topological polar surface area (TPSA) is 43.8 Å². The minimum absolute atomic E-state index is 0.811. The van der Waals surface area contributed by atoms with Gasteiger partial charge in [-0.1, -0.05) is 12.1 Å². The van der Waals surface area contributed by atoms with Gasteiger partial charge in [-0.05, 0) is 18.6 Å². The third-order valence-electron chi connectivity index (χ3n) is 2.44. The average Bonchev–Trinajstić information content (AvgIpc) is 2.57. The van der Waals surface area contributed by atoms with Crippen LogP contribution in [0.15, 0.2) is 30.6 Å². The molecule has 14 heavy (non-hydrogen) atoms. The standard InChI is InChI=1S/C11H13N3/c1-8-9(4-3-5-10(8)12)11-13-6-7-14(11)2/h3-7H,12H2,1-2H3. The van der Waals surface area contributed by atoms with Gasteiger partial charge in [0.1, 0.15) is 5.82 Å². The summed E-state index contributed by atoms with van der Waals surface area (Å²) in [6.07, 6.45) is 3.72. The van der Waals surface area contributed by atoms with Gasteiger partial charge in [-0.15, -0.1) is 0 Å². The number of benzene rings is 1. The molecule has 0 aliphatic carbocycles. The molecular formula is C11H13N3. The van der Waals surface area contributed by atoms with Crippen molar-refractivity contribution in [1.82, 2.24) is 9.55 Å². The Balaban J connectivity index is 2.63. The second-order valence-electron chi connectivity index (χ2n) is 3.38. The van der Waals surface area contributed by atoms with Gasteiger partial charge in [0, 0.05) is 30.7 Å². The summed E-state index contributed by atoms with van der Waals surface area (Å²) in [6.45, 7) is 2.01. The van der Waals surface area contributed by atoms with Crippen molar-refractivity contribution in [1.29, 1.82) is 0 Å². The van der Waals surface area contributed by atoms with Crippen LogP contribution >= 0.6 is 0 Å². The fourth-order valence-electron chi connectivity index (χ4n) is 1.52. The number of anilines is 1. The van der Waals surface area contributed by atoms with Crippen LogP contribution in [0, 0.1) is 6.92 Å². The lowest BCUT2D eigenvalue weighted by molar-refractivity contribution is 0.923. The molecule has 3 heteroatoms. The quantitative estimate of drug-likeness (QED) is 0.694. The molecule has 0 amide bonds. The van der Waals surface area contributed by atoms with Gasteiger partial charge in [0.15, 0.2) is 0 Å². The zero-order valence-electron chi connectivity index (χ0n) is 8.36. The normalized spacial score (nSPS) is 10.4. The van der Waals surface area contributed by atoms with Crippen LogP contribution in [-0.2, 0) is 7.05 Å². The smallest absolute Gasteiger partial charge is 0.139 e. The van der Waals surface area contributed by atoms with E-state index < -0.39 is 0 Å². The Labute approximate surface area is 83.2 Å². The zero-order chi connectivity index (χ0) is 10.1. The van der Waals surface area contributed by atoms with E-state index in [2.05, 4.69) is 4.98 Å². The Morgan fingerprint density at radius 3 is 2.79 bits per heavy atom. The summed E-state index contributed by atoms with van der Waals surface area (Å²) in [5, 5.41) is 0. The molecule has 1 aromatic heterocycles. The third kappa shape index (κ3) is 1.27. The number of aryl methyl sites for hydroxylation is 1. The second kappa shape index (κ2) is 3.18. The number of nitrogen functional groups attached to an aromatic ring is 1. The summed E-state index contributed by atoms with van der Waals surface area (Å²) in [4.78, 5) is 4.30. The van der Waals surface area contributed by atoms with Crippen molar-refractivity contribution in [3.05, 3.63) is 36.2 Å². The summed E-state index contributed by atoms with van der Waals surface area (Å²) >= 11 is 0. The number of hydrogen-bond acceptors (Lipinski definition) is 2. The summed E-state index contributed by atoms with van der Waals surface area (Å²) in [5.74, 6) is 0.954. The lowest BCUT2D eigenvalue weighted by Gasteiger charge is -2.07. The molecule has 72 valence electrons. The monoisotopic (exact) mass is 187 g/mol. The predicted molar refractivity (Wildman–Crippen MR) is 57.8 cm³/mol. The molecule has 1 aromatic carbocycles. The van der Waals surface area contributed by atoms with E-state index in [1.165, 1.54) is 0 Å². The minimum Gasteiger partial charge on any atom is -0.398 e. The van der Waals surface area contributed by atoms with Gasteiger partial charge in [0.05, 0.1) is 0 Å². The molecule has 0 saturated carbocycles. The van der Waals surface area contributed by atoms with Crippen molar-refractivity contribution < 1.29 is 0 Å². The third-order valence-corrected chi connectivity index (χ3v) is 2.44. The van der Waals surface area contributed by atoms with Crippen LogP contribution in [0.25, 0.3) is 11.4 Å². The van der Waals surface area contributed by atoms with Crippen molar-refractivity contribution in [3.63, 3.8) is 0 Å². The summed E-state index contributed by atoms with van der Waals surface area (Å²) in [5.41, 5.74) is 8.83. The maximum Gasteiger partial charge on any atom is 0.139 e. The van der Waals surface area contributed by atoms with E-state index in [1.807, 2.05) is 42.9 Å². The van der Waals surface area contributed by atoms with Gasteiger partial charge >= 0.3 is 0 Å². The molecule has 0 aliphatic heterocycles. The number of hydrogen-bond donors (Lipinski definition) is 1. The highest BCUT2D eigenvalue weighted by Crippen LogP contribution is 2.24. The molecule has 2 N–H and O–H groups in total. The van der Waals surface area contributed by atoms with E-state index in [-0.39, 0.29) is 0 Å². The molecule has 0 aliphatic rings. The number of nitrogens with two attached hydrogens (primary N) is 1. The van der Waals surface area contributed by atoms with Gasteiger partial charge < -0.3 is 10.3 Å². The van der Waals surface area contributed by atoms with Crippen LogP contribution < -0.4 is 5.73 Å². The highest BCUT2D eigenvalue weighted by molar-refractivity contribution is 5.68. The maximum absolute atomic E-state index is 5.84. The molecule has 0 atom stereocenters. The first-order valence-corrected chi connectivity index (χ1v) is 4.53. The van der Waals surface area contributed by atoms with Crippen molar-refractivity contribution >= 4 is 5.69 Å². The Hall–Kier alpha value is -1.77. The fourth-order valence-corrected chi connectivity index (χ4v) is 1.52. The van der Waals surface area contributed by atoms with Gasteiger partial charge in [0.25, 0.3) is 0 Å². The van der Waals surface area contributed by atoms with Crippen molar-refractivity contribution in [2.75, 3.05) is 5.73 Å². The van der Waals surface area contributed by atoms with Crippen molar-refractivity contribution in [2.45, 2.75) is 6.92 Å². The molecule has 0 fully saturated rings. The van der Waals surface area contributed by atoms with Crippen molar-refractivity contribution in [3.8, 4) is 11.4 Å².